The zero-order chi connectivity index (χ0) is 9.47. The summed E-state index contributed by atoms with van der Waals surface area (Å²) < 4.78 is 1.90. The topological polar surface area (TPSA) is 34.9 Å². The van der Waals surface area contributed by atoms with Crippen molar-refractivity contribution >= 4 is 6.29 Å². The van der Waals surface area contributed by atoms with Crippen LogP contribution >= 0.6 is 0 Å². The van der Waals surface area contributed by atoms with Crippen LogP contribution in [0.3, 0.4) is 0 Å². The highest BCUT2D eigenvalue weighted by atomic mass is 16.1. The van der Waals surface area contributed by atoms with E-state index >= 15 is 0 Å². The van der Waals surface area contributed by atoms with Gasteiger partial charge in [0.05, 0.1) is 11.6 Å². The van der Waals surface area contributed by atoms with E-state index in [0.717, 1.165) is 24.7 Å². The second-order valence-corrected chi connectivity index (χ2v) is 4.08. The lowest BCUT2D eigenvalue weighted by Gasteiger charge is -2.04. The Balaban J connectivity index is 2.27. The van der Waals surface area contributed by atoms with Gasteiger partial charge in [0.25, 0.3) is 0 Å². The molecule has 1 heterocycles. The van der Waals surface area contributed by atoms with Crippen LogP contribution in [0.1, 0.15) is 38.3 Å². The van der Waals surface area contributed by atoms with Crippen LogP contribution < -0.4 is 0 Å². The van der Waals surface area contributed by atoms with Crippen molar-refractivity contribution in [1.29, 1.82) is 0 Å². The van der Waals surface area contributed by atoms with Crippen molar-refractivity contribution in [2.24, 2.45) is 0 Å². The Labute approximate surface area is 77.7 Å². The van der Waals surface area contributed by atoms with E-state index in [-0.39, 0.29) is 5.41 Å². The average Bonchev–Trinajstić information content (AvgIpc) is 2.75. The van der Waals surface area contributed by atoms with E-state index in [9.17, 15) is 4.79 Å². The molecule has 1 aliphatic rings. The number of rotatable bonds is 3. The molecule has 0 spiro atoms. The molecule has 2 rings (SSSR count). The highest BCUT2D eigenvalue weighted by molar-refractivity contribution is 5.72. The first-order chi connectivity index (χ1) is 6.18. The minimum Gasteiger partial charge on any atom is -0.302 e. The van der Waals surface area contributed by atoms with E-state index in [1.807, 2.05) is 17.1 Å². The van der Waals surface area contributed by atoms with Crippen molar-refractivity contribution in [3.63, 3.8) is 0 Å². The second-order valence-electron chi connectivity index (χ2n) is 4.08. The SMILES string of the molecule is CC(C)n1cc(C2(C=O)CC2)cn1. The van der Waals surface area contributed by atoms with Crippen LogP contribution in [0.4, 0.5) is 0 Å². The fraction of sp³-hybridized carbons (Fsp3) is 0.600. The standard InChI is InChI=1S/C10H14N2O/c1-8(2)12-6-9(5-11-12)10(7-13)3-4-10/h5-8H,3-4H2,1-2H3. The smallest absolute Gasteiger partial charge is 0.130 e. The van der Waals surface area contributed by atoms with E-state index in [2.05, 4.69) is 18.9 Å². The number of carbonyl (C=O) groups excluding carboxylic acids is 1. The molecule has 13 heavy (non-hydrogen) atoms. The first-order valence-electron chi connectivity index (χ1n) is 4.69. The van der Waals surface area contributed by atoms with Gasteiger partial charge in [-0.05, 0) is 26.7 Å². The molecular formula is C10H14N2O. The molecule has 0 bridgehead atoms. The Morgan fingerprint density at radius 3 is 2.69 bits per heavy atom. The normalized spacial score (nSPS) is 19.0. The molecule has 3 nitrogen and oxygen atoms in total. The number of hydrogen-bond donors (Lipinski definition) is 0. The maximum atomic E-state index is 10.8. The summed E-state index contributed by atoms with van der Waals surface area (Å²) in [6, 6.07) is 0.371. The fourth-order valence-electron chi connectivity index (χ4n) is 1.49. The second kappa shape index (κ2) is 2.69. The molecule has 0 N–H and O–H groups in total. The highest BCUT2D eigenvalue weighted by Gasteiger charge is 2.45. The first-order valence-corrected chi connectivity index (χ1v) is 4.69. The maximum Gasteiger partial charge on any atom is 0.130 e. The van der Waals surface area contributed by atoms with E-state index < -0.39 is 0 Å². The van der Waals surface area contributed by atoms with Gasteiger partial charge in [-0.3, -0.25) is 4.68 Å². The summed E-state index contributed by atoms with van der Waals surface area (Å²) in [4.78, 5) is 10.8. The highest BCUT2D eigenvalue weighted by Crippen LogP contribution is 2.46. The molecular weight excluding hydrogens is 164 g/mol. The zero-order valence-corrected chi connectivity index (χ0v) is 8.03. The Bertz CT molecular complexity index is 323. The molecule has 0 radical (unpaired) electrons. The zero-order valence-electron chi connectivity index (χ0n) is 8.03. The molecule has 0 aliphatic heterocycles. The van der Waals surface area contributed by atoms with Gasteiger partial charge in [-0.15, -0.1) is 0 Å². The summed E-state index contributed by atoms with van der Waals surface area (Å²) in [5.41, 5.74) is 0.906. The summed E-state index contributed by atoms with van der Waals surface area (Å²) in [6.07, 6.45) is 6.85. The molecule has 0 amide bonds. The predicted molar refractivity (Wildman–Crippen MR) is 49.6 cm³/mol. The van der Waals surface area contributed by atoms with Crippen molar-refractivity contribution in [3.05, 3.63) is 18.0 Å². The molecule has 1 aromatic rings. The Morgan fingerprint density at radius 2 is 2.31 bits per heavy atom. The van der Waals surface area contributed by atoms with Crippen LogP contribution in [0.25, 0.3) is 0 Å². The van der Waals surface area contributed by atoms with Gasteiger partial charge >= 0.3 is 0 Å². The molecule has 70 valence electrons. The quantitative estimate of drug-likeness (QED) is 0.660. The minimum atomic E-state index is -0.173. The number of aromatic nitrogens is 2. The van der Waals surface area contributed by atoms with Crippen LogP contribution in [-0.2, 0) is 10.2 Å². The van der Waals surface area contributed by atoms with Gasteiger partial charge in [-0.2, -0.15) is 5.10 Å². The summed E-state index contributed by atoms with van der Waals surface area (Å²) in [6.45, 7) is 4.16. The van der Waals surface area contributed by atoms with Gasteiger partial charge in [0.1, 0.15) is 6.29 Å². The van der Waals surface area contributed by atoms with Crippen molar-refractivity contribution in [2.45, 2.75) is 38.1 Å². The summed E-state index contributed by atoms with van der Waals surface area (Å²) in [5.74, 6) is 0. The Hall–Kier alpha value is -1.12. The van der Waals surface area contributed by atoms with Gasteiger partial charge in [-0.25, -0.2) is 0 Å². The molecule has 1 aliphatic carbocycles. The Kier molecular flexibility index (Phi) is 1.75. The van der Waals surface area contributed by atoms with Gasteiger partial charge in [0, 0.05) is 17.8 Å². The molecule has 0 saturated heterocycles. The van der Waals surface area contributed by atoms with Crippen LogP contribution in [0.5, 0.6) is 0 Å². The van der Waals surface area contributed by atoms with E-state index in [1.54, 1.807) is 0 Å². The van der Waals surface area contributed by atoms with E-state index in [4.69, 9.17) is 0 Å². The van der Waals surface area contributed by atoms with Crippen LogP contribution in [-0.4, -0.2) is 16.1 Å². The molecule has 3 heteroatoms. The van der Waals surface area contributed by atoms with E-state index in [0.29, 0.717) is 6.04 Å². The average molecular weight is 178 g/mol. The first kappa shape index (κ1) is 8.48. The number of nitrogens with zero attached hydrogens (tertiary/aromatic N) is 2. The third-order valence-corrected chi connectivity index (χ3v) is 2.72. The van der Waals surface area contributed by atoms with Crippen molar-refractivity contribution in [3.8, 4) is 0 Å². The lowest BCUT2D eigenvalue weighted by molar-refractivity contribution is -0.109. The molecule has 0 atom stereocenters. The molecule has 0 unspecified atom stereocenters. The van der Waals surface area contributed by atoms with Crippen LogP contribution in [0.2, 0.25) is 0 Å². The lowest BCUT2D eigenvalue weighted by atomic mass is 10.0. The minimum absolute atomic E-state index is 0.173. The van der Waals surface area contributed by atoms with Gasteiger partial charge < -0.3 is 4.79 Å². The van der Waals surface area contributed by atoms with Crippen molar-refractivity contribution in [1.82, 2.24) is 9.78 Å². The fourth-order valence-corrected chi connectivity index (χ4v) is 1.49. The number of hydrogen-bond acceptors (Lipinski definition) is 2. The molecule has 0 aromatic carbocycles. The summed E-state index contributed by atoms with van der Waals surface area (Å²) in [7, 11) is 0. The third-order valence-electron chi connectivity index (χ3n) is 2.72. The summed E-state index contributed by atoms with van der Waals surface area (Å²) >= 11 is 0. The predicted octanol–water partition coefficient (Wildman–Crippen LogP) is 1.69. The molecule has 1 saturated carbocycles. The van der Waals surface area contributed by atoms with Gasteiger partial charge in [0.15, 0.2) is 0 Å². The van der Waals surface area contributed by atoms with Crippen molar-refractivity contribution < 1.29 is 4.79 Å². The number of aldehydes is 1. The van der Waals surface area contributed by atoms with E-state index in [1.165, 1.54) is 0 Å². The lowest BCUT2D eigenvalue weighted by Crippen LogP contribution is -2.06. The van der Waals surface area contributed by atoms with Gasteiger partial charge in [-0.1, -0.05) is 0 Å². The summed E-state index contributed by atoms with van der Waals surface area (Å²) in [5, 5.41) is 4.23. The molecule has 1 aromatic heterocycles. The largest absolute Gasteiger partial charge is 0.302 e. The van der Waals surface area contributed by atoms with Crippen molar-refractivity contribution in [2.75, 3.05) is 0 Å². The van der Waals surface area contributed by atoms with Crippen LogP contribution in [0.15, 0.2) is 12.4 Å². The monoisotopic (exact) mass is 178 g/mol. The van der Waals surface area contributed by atoms with Gasteiger partial charge in [0.2, 0.25) is 0 Å². The third kappa shape index (κ3) is 1.28. The maximum absolute atomic E-state index is 10.8. The number of carbonyl (C=O) groups is 1. The Morgan fingerprint density at radius 1 is 1.62 bits per heavy atom. The van der Waals surface area contributed by atoms with Crippen LogP contribution in [0, 0.1) is 0 Å². The molecule has 1 fully saturated rings.